The number of piperazine rings is 1. The lowest BCUT2D eigenvalue weighted by atomic mass is 10.1. The maximum Gasteiger partial charge on any atom is 0.319 e. The molecule has 3 rings (SSSR count). The van der Waals surface area contributed by atoms with Gasteiger partial charge in [-0.1, -0.05) is 12.1 Å². The number of urea groups is 1. The van der Waals surface area contributed by atoms with Crippen LogP contribution in [0.15, 0.2) is 48.5 Å². The number of rotatable bonds is 5. The van der Waals surface area contributed by atoms with Crippen LogP contribution < -0.4 is 15.5 Å². The first-order chi connectivity index (χ1) is 14.3. The molecule has 3 amide bonds. The number of para-hydroxylation sites is 2. The lowest BCUT2D eigenvalue weighted by Gasteiger charge is -2.35. The van der Waals surface area contributed by atoms with Gasteiger partial charge in [0.15, 0.2) is 0 Å². The molecular weight excluding hydrogens is 386 g/mol. The average molecular weight is 411 g/mol. The van der Waals surface area contributed by atoms with Gasteiger partial charge < -0.3 is 20.4 Å². The van der Waals surface area contributed by atoms with Gasteiger partial charge in [-0.05, 0) is 44.2 Å². The first-order valence-electron chi connectivity index (χ1n) is 9.80. The van der Waals surface area contributed by atoms with Crippen LogP contribution in [0.25, 0.3) is 0 Å². The molecular formula is C21H25N5O4. The molecule has 1 fully saturated rings. The highest BCUT2D eigenvalue weighted by atomic mass is 16.6. The number of nitrogens with zero attached hydrogens (tertiary/aromatic N) is 3. The van der Waals surface area contributed by atoms with Crippen LogP contribution in [0.3, 0.4) is 0 Å². The summed E-state index contributed by atoms with van der Waals surface area (Å²) in [6.07, 6.45) is 0. The van der Waals surface area contributed by atoms with Gasteiger partial charge in [0.2, 0.25) is 0 Å². The van der Waals surface area contributed by atoms with Crippen LogP contribution in [0.2, 0.25) is 0 Å². The molecule has 0 aromatic heterocycles. The Balaban J connectivity index is 1.59. The summed E-state index contributed by atoms with van der Waals surface area (Å²) < 4.78 is 0. The van der Waals surface area contributed by atoms with Gasteiger partial charge in [-0.3, -0.25) is 14.9 Å². The summed E-state index contributed by atoms with van der Waals surface area (Å²) in [5.74, 6) is -0.101. The fourth-order valence-corrected chi connectivity index (χ4v) is 3.34. The normalized spacial score (nSPS) is 13.8. The highest BCUT2D eigenvalue weighted by molar-refractivity contribution is 5.95. The summed E-state index contributed by atoms with van der Waals surface area (Å²) in [7, 11) is 0. The zero-order valence-electron chi connectivity index (χ0n) is 17.0. The van der Waals surface area contributed by atoms with Gasteiger partial charge in [-0.2, -0.15) is 0 Å². The van der Waals surface area contributed by atoms with E-state index >= 15 is 0 Å². The molecule has 30 heavy (non-hydrogen) atoms. The third-order valence-electron chi connectivity index (χ3n) is 4.80. The van der Waals surface area contributed by atoms with Crippen LogP contribution in [0.1, 0.15) is 24.2 Å². The van der Waals surface area contributed by atoms with Gasteiger partial charge in [0.25, 0.3) is 11.6 Å². The number of nitro groups is 1. The Bertz CT molecular complexity index is 921. The van der Waals surface area contributed by atoms with Crippen LogP contribution in [0, 0.1) is 10.1 Å². The quantitative estimate of drug-likeness (QED) is 0.581. The largest absolute Gasteiger partial charge is 0.362 e. The van der Waals surface area contributed by atoms with Gasteiger partial charge in [-0.15, -0.1) is 0 Å². The van der Waals surface area contributed by atoms with Gasteiger partial charge in [-0.25, -0.2) is 4.79 Å². The van der Waals surface area contributed by atoms with Crippen LogP contribution in [0.5, 0.6) is 0 Å². The smallest absolute Gasteiger partial charge is 0.319 e. The third kappa shape index (κ3) is 5.05. The molecule has 158 valence electrons. The lowest BCUT2D eigenvalue weighted by molar-refractivity contribution is -0.384. The van der Waals surface area contributed by atoms with Crippen LogP contribution in [-0.2, 0) is 0 Å². The molecule has 2 aromatic rings. The lowest BCUT2D eigenvalue weighted by Crippen LogP contribution is -2.48. The van der Waals surface area contributed by atoms with E-state index in [2.05, 4.69) is 10.6 Å². The summed E-state index contributed by atoms with van der Waals surface area (Å²) in [5.41, 5.74) is 1.78. The molecule has 1 aliphatic heterocycles. The molecule has 9 nitrogen and oxygen atoms in total. The predicted octanol–water partition coefficient (Wildman–Crippen LogP) is 3.09. The molecule has 1 saturated heterocycles. The van der Waals surface area contributed by atoms with Crippen molar-refractivity contribution in [2.24, 2.45) is 0 Å². The Labute approximate surface area is 174 Å². The molecule has 0 spiro atoms. The molecule has 1 heterocycles. The fraction of sp³-hybridized carbons (Fsp3) is 0.333. The maximum absolute atomic E-state index is 12.8. The molecule has 0 aliphatic carbocycles. The zero-order valence-corrected chi connectivity index (χ0v) is 17.0. The van der Waals surface area contributed by atoms with E-state index in [4.69, 9.17) is 0 Å². The van der Waals surface area contributed by atoms with Crippen molar-refractivity contribution in [3.8, 4) is 0 Å². The second-order valence-electron chi connectivity index (χ2n) is 7.36. The van der Waals surface area contributed by atoms with E-state index in [0.717, 1.165) is 0 Å². The first kappa shape index (κ1) is 21.1. The summed E-state index contributed by atoms with van der Waals surface area (Å²) in [6.45, 7) is 5.73. The predicted molar refractivity (Wildman–Crippen MR) is 115 cm³/mol. The van der Waals surface area contributed by atoms with E-state index in [1.54, 1.807) is 47.4 Å². The number of hydrogen-bond donors (Lipinski definition) is 2. The molecule has 0 unspecified atom stereocenters. The van der Waals surface area contributed by atoms with Crippen molar-refractivity contribution in [2.75, 3.05) is 36.4 Å². The summed E-state index contributed by atoms with van der Waals surface area (Å²) in [6, 6.07) is 13.1. The Morgan fingerprint density at radius 2 is 1.63 bits per heavy atom. The number of carbonyl (C=O) groups excluding carboxylic acids is 2. The van der Waals surface area contributed by atoms with E-state index in [9.17, 15) is 19.7 Å². The van der Waals surface area contributed by atoms with Crippen molar-refractivity contribution in [1.82, 2.24) is 10.2 Å². The van der Waals surface area contributed by atoms with Crippen LogP contribution in [0.4, 0.5) is 21.9 Å². The van der Waals surface area contributed by atoms with Crippen molar-refractivity contribution in [3.05, 3.63) is 64.2 Å². The number of benzene rings is 2. The van der Waals surface area contributed by atoms with E-state index in [1.807, 2.05) is 18.7 Å². The number of anilines is 2. The number of carbonyl (C=O) groups is 2. The molecule has 9 heteroatoms. The fourth-order valence-electron chi connectivity index (χ4n) is 3.34. The molecule has 2 N–H and O–H groups in total. The van der Waals surface area contributed by atoms with E-state index in [0.29, 0.717) is 43.1 Å². The van der Waals surface area contributed by atoms with Gasteiger partial charge >= 0.3 is 6.03 Å². The van der Waals surface area contributed by atoms with Crippen molar-refractivity contribution >= 4 is 29.0 Å². The second-order valence-corrected chi connectivity index (χ2v) is 7.36. The first-order valence-corrected chi connectivity index (χ1v) is 9.80. The zero-order chi connectivity index (χ0) is 21.7. The molecule has 0 atom stereocenters. The van der Waals surface area contributed by atoms with Gasteiger partial charge in [0, 0.05) is 49.5 Å². The Morgan fingerprint density at radius 1 is 1.00 bits per heavy atom. The molecule has 0 saturated carbocycles. The minimum absolute atomic E-state index is 0.0295. The standard InChI is InChI=1S/C21H25N5O4/c1-15(2)22-21(28)23-17-9-7-16(8-10-17)20(27)25-13-11-24(12-14-25)18-5-3-4-6-19(18)26(29)30/h3-10,15H,11-14H2,1-2H3,(H2,22,23,28). The summed E-state index contributed by atoms with van der Waals surface area (Å²) in [5, 5.41) is 16.7. The number of nitro benzene ring substituents is 1. The SMILES string of the molecule is CC(C)NC(=O)Nc1ccc(C(=O)N2CCN(c3ccccc3[N+](=O)[O-])CC2)cc1. The second kappa shape index (κ2) is 9.25. The monoisotopic (exact) mass is 411 g/mol. The third-order valence-corrected chi connectivity index (χ3v) is 4.80. The number of nitrogens with one attached hydrogen (secondary N) is 2. The number of hydrogen-bond acceptors (Lipinski definition) is 5. The minimum Gasteiger partial charge on any atom is -0.362 e. The Kier molecular flexibility index (Phi) is 6.51. The molecule has 1 aliphatic rings. The molecule has 2 aromatic carbocycles. The minimum atomic E-state index is -0.385. The van der Waals surface area contributed by atoms with Crippen molar-refractivity contribution in [3.63, 3.8) is 0 Å². The van der Waals surface area contributed by atoms with Crippen molar-refractivity contribution < 1.29 is 14.5 Å². The Hall–Kier alpha value is -3.62. The molecule has 0 radical (unpaired) electrons. The van der Waals surface area contributed by atoms with Crippen LogP contribution in [-0.4, -0.2) is 54.0 Å². The highest BCUT2D eigenvalue weighted by Gasteiger charge is 2.26. The maximum atomic E-state index is 12.8. The summed E-state index contributed by atoms with van der Waals surface area (Å²) in [4.78, 5) is 39.1. The summed E-state index contributed by atoms with van der Waals surface area (Å²) >= 11 is 0. The van der Waals surface area contributed by atoms with E-state index < -0.39 is 0 Å². The van der Waals surface area contributed by atoms with Crippen molar-refractivity contribution in [1.29, 1.82) is 0 Å². The van der Waals surface area contributed by atoms with E-state index in [1.165, 1.54) is 6.07 Å². The van der Waals surface area contributed by atoms with E-state index in [-0.39, 0.29) is 28.6 Å². The topological polar surface area (TPSA) is 108 Å². The van der Waals surface area contributed by atoms with Gasteiger partial charge in [0.1, 0.15) is 5.69 Å². The highest BCUT2D eigenvalue weighted by Crippen LogP contribution is 2.28. The van der Waals surface area contributed by atoms with Crippen LogP contribution >= 0.6 is 0 Å². The van der Waals surface area contributed by atoms with Gasteiger partial charge in [0.05, 0.1) is 4.92 Å². The Morgan fingerprint density at radius 3 is 2.23 bits per heavy atom. The van der Waals surface area contributed by atoms with Crippen molar-refractivity contribution in [2.45, 2.75) is 19.9 Å². The number of amides is 3. The average Bonchev–Trinajstić information content (AvgIpc) is 2.73. The molecule has 0 bridgehead atoms.